The van der Waals surface area contributed by atoms with Crippen molar-refractivity contribution < 1.29 is 0 Å². The molecule has 2 unspecified atom stereocenters. The van der Waals surface area contributed by atoms with E-state index in [9.17, 15) is 0 Å². The van der Waals surface area contributed by atoms with Crippen LogP contribution in [-0.4, -0.2) is 13.4 Å². The zero-order chi connectivity index (χ0) is 36.0. The standard InChI is InChI=1S/C50H47B2N/c1-49(2,3)34-26-38-36-24-32(30-14-9-7-10-15-30)20-22-40(36)51-42-18-13-19-43-48(42)53(44(28-34)46(38)51)45-29-35(50(4,5)6)27-39-37-25-33(31-16-11-8-12-17-31)21-23-41(37)52(43)47(39)45/h7,9-11,13-14,16-24,26-30,33H,8,12,15,25H2,1-6H3. The Labute approximate surface area is 316 Å². The molecule has 4 aromatic rings. The van der Waals surface area contributed by atoms with Gasteiger partial charge in [0.1, 0.15) is 0 Å². The van der Waals surface area contributed by atoms with Gasteiger partial charge in [-0.15, -0.1) is 0 Å². The van der Waals surface area contributed by atoms with Crippen molar-refractivity contribution in [3.63, 3.8) is 0 Å². The number of hydrogen-bond donors (Lipinski definition) is 0. The van der Waals surface area contributed by atoms with Gasteiger partial charge in [0, 0.05) is 28.9 Å². The number of hydrogen-bond acceptors (Lipinski definition) is 1. The number of para-hydroxylation sites is 1. The maximum atomic E-state index is 2.74. The van der Waals surface area contributed by atoms with Crippen molar-refractivity contribution in [2.75, 3.05) is 4.90 Å². The summed E-state index contributed by atoms with van der Waals surface area (Å²) in [6.07, 6.45) is 25.9. The van der Waals surface area contributed by atoms with E-state index in [0.717, 1.165) is 25.7 Å². The highest BCUT2D eigenvalue weighted by Crippen LogP contribution is 2.50. The molecule has 0 radical (unpaired) electrons. The minimum absolute atomic E-state index is 0.00825. The Hall–Kier alpha value is -4.75. The summed E-state index contributed by atoms with van der Waals surface area (Å²) in [7, 11) is 0. The Morgan fingerprint density at radius 2 is 1.38 bits per heavy atom. The summed E-state index contributed by atoms with van der Waals surface area (Å²) in [5.41, 5.74) is 24.9. The van der Waals surface area contributed by atoms with Gasteiger partial charge in [0.15, 0.2) is 0 Å². The second-order valence-electron chi connectivity index (χ2n) is 18.7. The van der Waals surface area contributed by atoms with Gasteiger partial charge in [-0.25, -0.2) is 0 Å². The molecule has 0 spiro atoms. The van der Waals surface area contributed by atoms with Crippen molar-refractivity contribution in [2.45, 2.75) is 84.0 Å². The molecule has 0 saturated carbocycles. The molecule has 3 aliphatic carbocycles. The van der Waals surface area contributed by atoms with Crippen molar-refractivity contribution in [1.82, 2.24) is 0 Å². The monoisotopic (exact) mass is 683 g/mol. The van der Waals surface area contributed by atoms with E-state index in [1.807, 2.05) is 0 Å². The average Bonchev–Trinajstić information content (AvgIpc) is 3.67. The molecule has 4 aliphatic heterocycles. The Balaban J connectivity index is 1.18. The molecular formula is C50H47B2N. The molecule has 0 N–H and O–H groups in total. The minimum atomic E-state index is 0.00825. The van der Waals surface area contributed by atoms with Crippen LogP contribution in [0.4, 0.5) is 17.1 Å². The molecule has 3 heteroatoms. The van der Waals surface area contributed by atoms with Crippen LogP contribution in [0.1, 0.15) is 95.4 Å². The van der Waals surface area contributed by atoms with Gasteiger partial charge in [0.2, 0.25) is 13.4 Å². The molecule has 11 rings (SSSR count). The molecule has 53 heavy (non-hydrogen) atoms. The van der Waals surface area contributed by atoms with Gasteiger partial charge in [-0.2, -0.15) is 0 Å². The predicted molar refractivity (Wildman–Crippen MR) is 230 cm³/mol. The molecule has 0 fully saturated rings. The van der Waals surface area contributed by atoms with Crippen LogP contribution in [0.15, 0.2) is 126 Å². The van der Waals surface area contributed by atoms with Crippen LogP contribution in [0, 0.1) is 5.92 Å². The van der Waals surface area contributed by atoms with E-state index < -0.39 is 0 Å². The van der Waals surface area contributed by atoms with Crippen LogP contribution in [-0.2, 0) is 10.8 Å². The number of nitrogens with zero attached hydrogens (tertiary/aromatic N) is 1. The first-order valence-electron chi connectivity index (χ1n) is 20.1. The zero-order valence-corrected chi connectivity index (χ0v) is 32.1. The van der Waals surface area contributed by atoms with Crippen LogP contribution >= 0.6 is 0 Å². The average molecular weight is 684 g/mol. The maximum absolute atomic E-state index is 2.74. The summed E-state index contributed by atoms with van der Waals surface area (Å²) in [5.74, 6) is 0.863. The van der Waals surface area contributed by atoms with E-state index in [1.165, 1.54) is 88.8 Å². The van der Waals surface area contributed by atoms with Crippen molar-refractivity contribution in [2.24, 2.45) is 5.92 Å². The quantitative estimate of drug-likeness (QED) is 0.165. The second-order valence-corrected chi connectivity index (χ2v) is 18.7. The zero-order valence-electron chi connectivity index (χ0n) is 32.1. The number of allylic oxidation sites excluding steroid dienone is 12. The van der Waals surface area contributed by atoms with Gasteiger partial charge in [-0.1, -0.05) is 156 Å². The number of anilines is 3. The van der Waals surface area contributed by atoms with Crippen LogP contribution in [0.5, 0.6) is 0 Å². The SMILES string of the molecule is CC(C)(C)c1cc2c3c(c1)N1c4cc(C(C)(C)C)cc5c4B(c4ccc(C6C=CC=CC6)cc4-5)c4cccc(c41)B3C1=C2CC(C2=CCCC=C2)C=C1. The number of rotatable bonds is 2. The van der Waals surface area contributed by atoms with Gasteiger partial charge in [0.25, 0.3) is 0 Å². The van der Waals surface area contributed by atoms with E-state index in [0.29, 0.717) is 11.8 Å². The molecule has 4 heterocycles. The van der Waals surface area contributed by atoms with E-state index in [2.05, 4.69) is 162 Å². The van der Waals surface area contributed by atoms with E-state index in [-0.39, 0.29) is 24.3 Å². The molecule has 258 valence electrons. The predicted octanol–water partition coefficient (Wildman–Crippen LogP) is 9.24. The van der Waals surface area contributed by atoms with Crippen LogP contribution < -0.4 is 32.2 Å². The lowest BCUT2D eigenvalue weighted by molar-refractivity contribution is 0.590. The summed E-state index contributed by atoms with van der Waals surface area (Å²) in [6, 6.07) is 25.0. The second kappa shape index (κ2) is 10.9. The summed E-state index contributed by atoms with van der Waals surface area (Å²) < 4.78 is 0. The van der Waals surface area contributed by atoms with Crippen LogP contribution in [0.2, 0.25) is 0 Å². The van der Waals surface area contributed by atoms with Gasteiger partial charge in [0.05, 0.1) is 0 Å². The summed E-state index contributed by atoms with van der Waals surface area (Å²) in [5, 5.41) is 0. The third kappa shape index (κ3) is 4.46. The third-order valence-corrected chi connectivity index (χ3v) is 13.5. The van der Waals surface area contributed by atoms with Crippen LogP contribution in [0.25, 0.3) is 16.7 Å². The molecule has 2 atom stereocenters. The fourth-order valence-corrected chi connectivity index (χ4v) is 10.7. The Bertz CT molecular complexity index is 2500. The number of benzene rings is 4. The van der Waals surface area contributed by atoms with Crippen molar-refractivity contribution in [3.8, 4) is 11.1 Å². The van der Waals surface area contributed by atoms with Gasteiger partial charge in [-0.05, 0) is 115 Å². The smallest absolute Gasteiger partial charge is 0.248 e. The van der Waals surface area contributed by atoms with Crippen molar-refractivity contribution >= 4 is 63.4 Å². The number of fused-ring (bicyclic) bond motifs is 9. The lowest BCUT2D eigenvalue weighted by Gasteiger charge is -2.44. The third-order valence-electron chi connectivity index (χ3n) is 13.5. The van der Waals surface area contributed by atoms with Gasteiger partial charge in [-0.3, -0.25) is 0 Å². The fraction of sp³-hybridized carbons (Fsp3) is 0.280. The van der Waals surface area contributed by atoms with Crippen LogP contribution in [0.3, 0.4) is 0 Å². The highest BCUT2D eigenvalue weighted by Gasteiger charge is 2.51. The first kappa shape index (κ1) is 31.7. The normalized spacial score (nSPS) is 21.1. The molecule has 0 aromatic heterocycles. The lowest BCUT2D eigenvalue weighted by atomic mass is 9.32. The Morgan fingerprint density at radius 1 is 0.642 bits per heavy atom. The maximum Gasteiger partial charge on any atom is 0.248 e. The summed E-state index contributed by atoms with van der Waals surface area (Å²) >= 11 is 0. The molecule has 1 nitrogen and oxygen atoms in total. The molecule has 7 aliphatic rings. The van der Waals surface area contributed by atoms with Crippen molar-refractivity contribution in [1.29, 1.82) is 0 Å². The molecular weight excluding hydrogens is 636 g/mol. The summed E-state index contributed by atoms with van der Waals surface area (Å²) in [6.45, 7) is 14.8. The van der Waals surface area contributed by atoms with Gasteiger partial charge >= 0.3 is 0 Å². The minimum Gasteiger partial charge on any atom is -0.312 e. The van der Waals surface area contributed by atoms with E-state index >= 15 is 0 Å². The molecule has 0 amide bonds. The summed E-state index contributed by atoms with van der Waals surface area (Å²) in [4.78, 5) is 2.74. The Morgan fingerprint density at radius 3 is 2.08 bits per heavy atom. The topological polar surface area (TPSA) is 3.24 Å². The fourth-order valence-electron chi connectivity index (χ4n) is 10.7. The molecule has 0 bridgehead atoms. The lowest BCUT2D eigenvalue weighted by Crippen LogP contribution is -2.61. The van der Waals surface area contributed by atoms with Crippen molar-refractivity contribution in [3.05, 3.63) is 149 Å². The van der Waals surface area contributed by atoms with E-state index in [1.54, 1.807) is 5.57 Å². The molecule has 0 saturated heterocycles. The largest absolute Gasteiger partial charge is 0.312 e. The van der Waals surface area contributed by atoms with E-state index in [4.69, 9.17) is 0 Å². The first-order chi connectivity index (χ1) is 25.6. The molecule has 4 aromatic carbocycles. The highest BCUT2D eigenvalue weighted by atomic mass is 15.2. The first-order valence-corrected chi connectivity index (χ1v) is 20.1. The van der Waals surface area contributed by atoms with Gasteiger partial charge < -0.3 is 4.90 Å². The highest BCUT2D eigenvalue weighted by molar-refractivity contribution is 7.03. The Kier molecular flexibility index (Phi) is 6.54.